The Bertz CT molecular complexity index is 392. The van der Waals surface area contributed by atoms with E-state index in [9.17, 15) is 4.39 Å². The summed E-state index contributed by atoms with van der Waals surface area (Å²) in [5.41, 5.74) is 7.44. The van der Waals surface area contributed by atoms with Crippen LogP contribution in [-0.2, 0) is 9.47 Å². The predicted molar refractivity (Wildman–Crippen MR) is 64.6 cm³/mol. The van der Waals surface area contributed by atoms with Crippen LogP contribution in [0.25, 0.3) is 0 Å². The summed E-state index contributed by atoms with van der Waals surface area (Å²) in [5, 5.41) is 3.15. The molecule has 0 aliphatic carbocycles. The highest BCUT2D eigenvalue weighted by Gasteiger charge is 2.14. The van der Waals surface area contributed by atoms with Gasteiger partial charge in [0.05, 0.1) is 37.3 Å². The molecule has 0 spiro atoms. The average molecular weight is 240 g/mol. The maximum Gasteiger partial charge on any atom is 0.128 e. The summed E-state index contributed by atoms with van der Waals surface area (Å²) in [6, 6.07) is 3.03. The SMILES string of the molecule is Cc1cc(NCC2COCCO2)c(N)cc1F. The van der Waals surface area contributed by atoms with Crippen molar-refractivity contribution in [1.29, 1.82) is 0 Å². The molecule has 2 rings (SSSR count). The minimum absolute atomic E-state index is 0.0218. The lowest BCUT2D eigenvalue weighted by molar-refractivity contribution is -0.0818. The number of ether oxygens (including phenoxy) is 2. The van der Waals surface area contributed by atoms with E-state index >= 15 is 0 Å². The van der Waals surface area contributed by atoms with Crippen LogP contribution in [0.15, 0.2) is 12.1 Å². The van der Waals surface area contributed by atoms with Crippen LogP contribution in [-0.4, -0.2) is 32.5 Å². The summed E-state index contributed by atoms with van der Waals surface area (Å²) in [7, 11) is 0. The van der Waals surface area contributed by atoms with Gasteiger partial charge >= 0.3 is 0 Å². The van der Waals surface area contributed by atoms with Crippen LogP contribution in [0, 0.1) is 12.7 Å². The number of rotatable bonds is 3. The number of nitrogen functional groups attached to an aromatic ring is 1. The molecule has 1 atom stereocenters. The van der Waals surface area contributed by atoms with Gasteiger partial charge in [-0.1, -0.05) is 0 Å². The third kappa shape index (κ3) is 3.08. The molecular weight excluding hydrogens is 223 g/mol. The van der Waals surface area contributed by atoms with Crippen LogP contribution in [0.4, 0.5) is 15.8 Å². The van der Waals surface area contributed by atoms with Gasteiger partial charge in [-0.3, -0.25) is 0 Å². The minimum Gasteiger partial charge on any atom is -0.397 e. The Balaban J connectivity index is 1.96. The topological polar surface area (TPSA) is 56.5 Å². The van der Waals surface area contributed by atoms with E-state index in [1.54, 1.807) is 13.0 Å². The fourth-order valence-corrected chi connectivity index (χ4v) is 1.73. The van der Waals surface area contributed by atoms with Crippen LogP contribution >= 0.6 is 0 Å². The molecule has 1 aromatic carbocycles. The van der Waals surface area contributed by atoms with E-state index in [-0.39, 0.29) is 11.9 Å². The first-order valence-corrected chi connectivity index (χ1v) is 5.65. The zero-order valence-electron chi connectivity index (χ0n) is 9.83. The molecule has 1 unspecified atom stereocenters. The van der Waals surface area contributed by atoms with Gasteiger partial charge in [-0.05, 0) is 24.6 Å². The van der Waals surface area contributed by atoms with Crippen LogP contribution in [0.3, 0.4) is 0 Å². The molecule has 0 saturated carbocycles. The molecule has 1 saturated heterocycles. The number of hydrogen-bond donors (Lipinski definition) is 2. The van der Waals surface area contributed by atoms with E-state index < -0.39 is 0 Å². The van der Waals surface area contributed by atoms with Crippen molar-refractivity contribution >= 4 is 11.4 Å². The van der Waals surface area contributed by atoms with E-state index in [4.69, 9.17) is 15.2 Å². The van der Waals surface area contributed by atoms with E-state index in [2.05, 4.69) is 5.32 Å². The molecule has 94 valence electrons. The molecule has 1 aliphatic heterocycles. The van der Waals surface area contributed by atoms with Crippen molar-refractivity contribution in [3.8, 4) is 0 Å². The first kappa shape index (κ1) is 12.1. The molecule has 0 bridgehead atoms. The summed E-state index contributed by atoms with van der Waals surface area (Å²) in [4.78, 5) is 0. The second-order valence-electron chi connectivity index (χ2n) is 4.14. The van der Waals surface area contributed by atoms with E-state index in [1.165, 1.54) is 6.07 Å². The van der Waals surface area contributed by atoms with Crippen molar-refractivity contribution in [2.75, 3.05) is 37.4 Å². The Morgan fingerprint density at radius 3 is 3.00 bits per heavy atom. The Labute approximate surface area is 99.9 Å². The molecule has 1 heterocycles. The van der Waals surface area contributed by atoms with Gasteiger partial charge in [-0.15, -0.1) is 0 Å². The summed E-state index contributed by atoms with van der Waals surface area (Å²) in [6.07, 6.45) is 0.0218. The van der Waals surface area contributed by atoms with Crippen molar-refractivity contribution in [3.05, 3.63) is 23.5 Å². The van der Waals surface area contributed by atoms with Crippen molar-refractivity contribution in [1.82, 2.24) is 0 Å². The number of nitrogens with one attached hydrogen (secondary N) is 1. The molecule has 3 N–H and O–H groups in total. The Morgan fingerprint density at radius 1 is 1.47 bits per heavy atom. The largest absolute Gasteiger partial charge is 0.397 e. The van der Waals surface area contributed by atoms with Gasteiger partial charge in [0.1, 0.15) is 5.82 Å². The number of benzene rings is 1. The summed E-state index contributed by atoms with van der Waals surface area (Å²) in [5.74, 6) is -0.287. The van der Waals surface area contributed by atoms with Gasteiger partial charge in [0, 0.05) is 6.54 Å². The molecule has 1 aromatic rings. The van der Waals surface area contributed by atoms with Crippen molar-refractivity contribution < 1.29 is 13.9 Å². The van der Waals surface area contributed by atoms with Crippen LogP contribution < -0.4 is 11.1 Å². The highest BCUT2D eigenvalue weighted by molar-refractivity contribution is 5.67. The van der Waals surface area contributed by atoms with Gasteiger partial charge in [0.2, 0.25) is 0 Å². The van der Waals surface area contributed by atoms with Gasteiger partial charge in [0.25, 0.3) is 0 Å². The molecule has 1 fully saturated rings. The fraction of sp³-hybridized carbons (Fsp3) is 0.500. The highest BCUT2D eigenvalue weighted by atomic mass is 19.1. The average Bonchev–Trinajstić information content (AvgIpc) is 2.33. The fourth-order valence-electron chi connectivity index (χ4n) is 1.73. The van der Waals surface area contributed by atoms with Gasteiger partial charge < -0.3 is 20.5 Å². The quantitative estimate of drug-likeness (QED) is 0.787. The summed E-state index contributed by atoms with van der Waals surface area (Å²) < 4.78 is 24.0. The standard InChI is InChI=1S/C12H17FN2O2/c1-8-4-12(11(14)5-10(8)13)15-6-9-7-16-2-3-17-9/h4-5,9,15H,2-3,6-7,14H2,1H3. The molecule has 0 aromatic heterocycles. The molecule has 1 aliphatic rings. The van der Waals surface area contributed by atoms with Crippen LogP contribution in [0.2, 0.25) is 0 Å². The van der Waals surface area contributed by atoms with Crippen LogP contribution in [0.1, 0.15) is 5.56 Å². The zero-order chi connectivity index (χ0) is 12.3. The third-order valence-corrected chi connectivity index (χ3v) is 2.74. The summed E-state index contributed by atoms with van der Waals surface area (Å²) in [6.45, 7) is 4.15. The molecule has 0 amide bonds. The third-order valence-electron chi connectivity index (χ3n) is 2.74. The normalized spacial score (nSPS) is 20.2. The first-order chi connectivity index (χ1) is 8.16. The molecule has 0 radical (unpaired) electrons. The first-order valence-electron chi connectivity index (χ1n) is 5.65. The monoisotopic (exact) mass is 240 g/mol. The molecule has 5 heteroatoms. The van der Waals surface area contributed by atoms with Gasteiger partial charge in [0.15, 0.2) is 0 Å². The number of hydrogen-bond acceptors (Lipinski definition) is 4. The van der Waals surface area contributed by atoms with Gasteiger partial charge in [-0.2, -0.15) is 0 Å². The maximum absolute atomic E-state index is 13.2. The number of nitrogens with two attached hydrogens (primary N) is 1. The number of aryl methyl sites for hydroxylation is 1. The molecule has 17 heavy (non-hydrogen) atoms. The lowest BCUT2D eigenvalue weighted by Crippen LogP contribution is -2.34. The maximum atomic E-state index is 13.2. The van der Waals surface area contributed by atoms with Gasteiger partial charge in [-0.25, -0.2) is 4.39 Å². The van der Waals surface area contributed by atoms with E-state index in [0.29, 0.717) is 37.6 Å². The second-order valence-corrected chi connectivity index (χ2v) is 4.14. The molecular formula is C12H17FN2O2. The summed E-state index contributed by atoms with van der Waals surface area (Å²) >= 11 is 0. The lowest BCUT2D eigenvalue weighted by Gasteiger charge is -2.24. The smallest absolute Gasteiger partial charge is 0.128 e. The molecule has 4 nitrogen and oxygen atoms in total. The van der Waals surface area contributed by atoms with Crippen LogP contribution in [0.5, 0.6) is 0 Å². The number of halogens is 1. The minimum atomic E-state index is -0.287. The Morgan fingerprint density at radius 2 is 2.29 bits per heavy atom. The zero-order valence-corrected chi connectivity index (χ0v) is 9.83. The van der Waals surface area contributed by atoms with E-state index in [1.807, 2.05) is 0 Å². The number of anilines is 2. The van der Waals surface area contributed by atoms with E-state index in [0.717, 1.165) is 5.69 Å². The second kappa shape index (κ2) is 5.33. The van der Waals surface area contributed by atoms with Crippen molar-refractivity contribution in [2.45, 2.75) is 13.0 Å². The lowest BCUT2D eigenvalue weighted by atomic mass is 10.1. The van der Waals surface area contributed by atoms with Crippen molar-refractivity contribution in [3.63, 3.8) is 0 Å². The Hall–Kier alpha value is -1.33. The predicted octanol–water partition coefficient (Wildman–Crippen LogP) is 1.54. The van der Waals surface area contributed by atoms with Crippen molar-refractivity contribution in [2.24, 2.45) is 0 Å². The highest BCUT2D eigenvalue weighted by Crippen LogP contribution is 2.22. The Kier molecular flexibility index (Phi) is 3.81.